The zero-order chi connectivity index (χ0) is 9.97. The lowest BCUT2D eigenvalue weighted by Gasteiger charge is -2.00. The van der Waals surface area contributed by atoms with Gasteiger partial charge in [-0.25, -0.2) is 4.99 Å². The molecule has 5 heteroatoms. The molecule has 2 rings (SSSR count). The summed E-state index contributed by atoms with van der Waals surface area (Å²) in [4.78, 5) is 6.21. The largest absolute Gasteiger partial charge is 0.403 e. The van der Waals surface area contributed by atoms with Crippen molar-refractivity contribution < 1.29 is 4.79 Å². The Morgan fingerprint density at radius 2 is 2.64 bits per heavy atom. The topological polar surface area (TPSA) is 59.2 Å². The number of nitrogens with one attached hydrogen (secondary N) is 1. The Bertz CT molecular complexity index is 376. The lowest BCUT2D eigenvalue weighted by Crippen LogP contribution is -2.46. The summed E-state index contributed by atoms with van der Waals surface area (Å²) in [6, 6.07) is 2.22. The number of fused-ring (bicyclic) bond motifs is 1. The van der Waals surface area contributed by atoms with Crippen molar-refractivity contribution >= 4 is 5.84 Å². The molecule has 1 aromatic rings. The van der Waals surface area contributed by atoms with Crippen LogP contribution in [-0.4, -0.2) is 16.6 Å². The number of rotatable bonds is 2. The van der Waals surface area contributed by atoms with Gasteiger partial charge in [0.2, 0.25) is 12.0 Å². The number of aromatic nitrogens is 2. The number of hydrogen-bond donors (Lipinski definition) is 2. The van der Waals surface area contributed by atoms with E-state index in [1.807, 2.05) is 27.9 Å². The van der Waals surface area contributed by atoms with Crippen LogP contribution in [0.4, 0.5) is 0 Å². The van der Waals surface area contributed by atoms with Gasteiger partial charge in [-0.1, -0.05) is 11.6 Å². The molecule has 0 saturated heterocycles. The first-order valence-electron chi connectivity index (χ1n) is 4.67. The quantitative estimate of drug-likeness (QED) is 0.637. The lowest BCUT2D eigenvalue weighted by atomic mass is 10.2. The molecule has 0 bridgehead atoms. The second kappa shape index (κ2) is 3.53. The molecule has 0 aromatic carbocycles. The molecule has 1 aliphatic rings. The van der Waals surface area contributed by atoms with Gasteiger partial charge in [-0.2, -0.15) is 5.43 Å². The van der Waals surface area contributed by atoms with Crippen LogP contribution in [-0.2, 0) is 0 Å². The molecule has 0 spiro atoms. The Kier molecular flexibility index (Phi) is 2.22. The fourth-order valence-corrected chi connectivity index (χ4v) is 1.56. The summed E-state index contributed by atoms with van der Waals surface area (Å²) in [6.07, 6.45) is 7.95. The van der Waals surface area contributed by atoms with Gasteiger partial charge >= 0.3 is 0 Å². The van der Waals surface area contributed by atoms with Crippen LogP contribution >= 0.6 is 0 Å². The smallest absolute Gasteiger partial charge is 0.230 e. The van der Waals surface area contributed by atoms with Crippen molar-refractivity contribution in [3.8, 4) is 0 Å². The van der Waals surface area contributed by atoms with Crippen molar-refractivity contribution in [2.24, 2.45) is 10.7 Å². The summed E-state index contributed by atoms with van der Waals surface area (Å²) < 4.78 is 1.97. The SMILES string of the molecule is CCC1N[n+]2cccn2/C1=N/C=C\N. The molecular formula is C9H14N5+. The third-order valence-corrected chi connectivity index (χ3v) is 2.22. The molecule has 2 heterocycles. The Balaban J connectivity index is 2.36. The van der Waals surface area contributed by atoms with E-state index < -0.39 is 0 Å². The average molecular weight is 192 g/mol. The van der Waals surface area contributed by atoms with Crippen molar-refractivity contribution in [2.45, 2.75) is 19.4 Å². The van der Waals surface area contributed by atoms with E-state index in [0.717, 1.165) is 12.3 Å². The zero-order valence-electron chi connectivity index (χ0n) is 8.09. The van der Waals surface area contributed by atoms with Gasteiger partial charge in [-0.3, -0.25) is 0 Å². The molecule has 1 unspecified atom stereocenters. The Labute approximate surface area is 82.5 Å². The maximum absolute atomic E-state index is 5.26. The van der Waals surface area contributed by atoms with Crippen LogP contribution in [0.3, 0.4) is 0 Å². The summed E-state index contributed by atoms with van der Waals surface area (Å²) in [6.45, 7) is 2.12. The van der Waals surface area contributed by atoms with Crippen LogP contribution in [0.15, 0.2) is 35.9 Å². The van der Waals surface area contributed by atoms with E-state index in [9.17, 15) is 0 Å². The first-order valence-corrected chi connectivity index (χ1v) is 4.67. The molecule has 0 aliphatic carbocycles. The molecule has 14 heavy (non-hydrogen) atoms. The summed E-state index contributed by atoms with van der Waals surface area (Å²) in [5, 5.41) is 0. The van der Waals surface area contributed by atoms with Crippen LogP contribution in [0.2, 0.25) is 0 Å². The van der Waals surface area contributed by atoms with E-state index in [0.29, 0.717) is 0 Å². The predicted molar refractivity (Wildman–Crippen MR) is 54.2 cm³/mol. The highest BCUT2D eigenvalue weighted by Crippen LogP contribution is 2.03. The molecule has 0 radical (unpaired) electrons. The zero-order valence-corrected chi connectivity index (χ0v) is 8.09. The molecule has 0 saturated carbocycles. The molecule has 74 valence electrons. The Morgan fingerprint density at radius 1 is 1.79 bits per heavy atom. The van der Waals surface area contributed by atoms with E-state index in [2.05, 4.69) is 17.3 Å². The molecule has 0 fully saturated rings. The number of aliphatic imine (C=N–C) groups is 1. The minimum atomic E-state index is 0.257. The van der Waals surface area contributed by atoms with E-state index in [1.54, 1.807) is 6.20 Å². The lowest BCUT2D eigenvalue weighted by molar-refractivity contribution is -0.713. The van der Waals surface area contributed by atoms with E-state index in [-0.39, 0.29) is 6.04 Å². The Hall–Kier alpha value is -1.78. The fraction of sp³-hybridized carbons (Fsp3) is 0.333. The average Bonchev–Trinajstić information content (AvgIpc) is 2.74. The van der Waals surface area contributed by atoms with Crippen LogP contribution < -0.4 is 16.0 Å². The summed E-state index contributed by atoms with van der Waals surface area (Å²) in [5.74, 6) is 0.971. The van der Waals surface area contributed by atoms with Gasteiger partial charge in [-0.05, 0) is 6.42 Å². The third-order valence-electron chi connectivity index (χ3n) is 2.22. The molecule has 1 atom stereocenters. The van der Waals surface area contributed by atoms with Crippen molar-refractivity contribution in [3.05, 3.63) is 30.9 Å². The van der Waals surface area contributed by atoms with Gasteiger partial charge in [0.05, 0.1) is 6.20 Å². The standard InChI is InChI=1S/C9H14N5/c1-2-8-9(11-5-4-10)13-6-3-7-14(13)12-8/h3-8,12H,2,10H2,1H3/q+1/b5-4-,11-9+. The van der Waals surface area contributed by atoms with Gasteiger partial charge < -0.3 is 5.73 Å². The van der Waals surface area contributed by atoms with Crippen molar-refractivity contribution in [1.29, 1.82) is 0 Å². The minimum absolute atomic E-state index is 0.257. The van der Waals surface area contributed by atoms with Gasteiger partial charge in [0, 0.05) is 23.3 Å². The normalized spacial score (nSPS) is 22.9. The molecular weight excluding hydrogens is 178 g/mol. The summed E-state index contributed by atoms with van der Waals surface area (Å²) >= 11 is 0. The van der Waals surface area contributed by atoms with E-state index in [4.69, 9.17) is 5.73 Å². The van der Waals surface area contributed by atoms with Crippen LogP contribution in [0.5, 0.6) is 0 Å². The van der Waals surface area contributed by atoms with Gasteiger partial charge in [0.25, 0.3) is 0 Å². The van der Waals surface area contributed by atoms with Crippen molar-refractivity contribution in [3.63, 3.8) is 0 Å². The summed E-state index contributed by atoms with van der Waals surface area (Å²) in [7, 11) is 0. The van der Waals surface area contributed by atoms with Gasteiger partial charge in [0.15, 0.2) is 0 Å². The molecule has 0 amide bonds. The minimum Gasteiger partial charge on any atom is -0.403 e. The van der Waals surface area contributed by atoms with E-state index >= 15 is 0 Å². The fourth-order valence-electron chi connectivity index (χ4n) is 1.56. The third kappa shape index (κ3) is 1.26. The number of hydrogen-bond acceptors (Lipinski definition) is 3. The van der Waals surface area contributed by atoms with Crippen molar-refractivity contribution in [2.75, 3.05) is 5.43 Å². The second-order valence-electron chi connectivity index (χ2n) is 3.10. The van der Waals surface area contributed by atoms with Crippen LogP contribution in [0.1, 0.15) is 13.3 Å². The highest BCUT2D eigenvalue weighted by molar-refractivity contribution is 5.90. The van der Waals surface area contributed by atoms with Crippen LogP contribution in [0.25, 0.3) is 0 Å². The number of nitrogens with zero attached hydrogens (tertiary/aromatic N) is 3. The molecule has 5 nitrogen and oxygen atoms in total. The monoisotopic (exact) mass is 192 g/mol. The number of nitrogens with two attached hydrogens (primary N) is 1. The first-order chi connectivity index (χ1) is 6.86. The highest BCUT2D eigenvalue weighted by atomic mass is 15.7. The van der Waals surface area contributed by atoms with Crippen LogP contribution in [0, 0.1) is 0 Å². The molecule has 1 aromatic heterocycles. The summed E-state index contributed by atoms with van der Waals surface area (Å²) in [5.41, 5.74) is 8.56. The molecule has 3 N–H and O–H groups in total. The molecule has 1 aliphatic heterocycles. The van der Waals surface area contributed by atoms with Crippen molar-refractivity contribution in [1.82, 2.24) is 4.68 Å². The highest BCUT2D eigenvalue weighted by Gasteiger charge is 2.32. The maximum atomic E-state index is 5.26. The van der Waals surface area contributed by atoms with E-state index in [1.165, 1.54) is 6.20 Å². The van der Waals surface area contributed by atoms with Gasteiger partial charge in [-0.15, -0.1) is 0 Å². The maximum Gasteiger partial charge on any atom is 0.230 e. The first kappa shape index (κ1) is 8.80. The van der Waals surface area contributed by atoms with Gasteiger partial charge in [0.1, 0.15) is 6.04 Å². The Morgan fingerprint density at radius 3 is 3.36 bits per heavy atom. The second-order valence-corrected chi connectivity index (χ2v) is 3.10. The predicted octanol–water partition coefficient (Wildman–Crippen LogP) is -0.212.